The average molecular weight is 406 g/mol. The van der Waals surface area contributed by atoms with Gasteiger partial charge in [0.2, 0.25) is 11.8 Å². The van der Waals surface area contributed by atoms with Gasteiger partial charge in [0.05, 0.1) is 11.1 Å². The number of carbonyl (C=O) groups is 5. The molecule has 2 N–H and O–H groups in total. The Morgan fingerprint density at radius 1 is 1.13 bits per heavy atom. The van der Waals surface area contributed by atoms with E-state index in [1.54, 1.807) is 24.4 Å². The van der Waals surface area contributed by atoms with Gasteiger partial charge in [-0.1, -0.05) is 12.1 Å². The summed E-state index contributed by atoms with van der Waals surface area (Å²) in [6.07, 6.45) is 1.76. The predicted octanol–water partition coefficient (Wildman–Crippen LogP) is 0.721. The number of carbonyl (C=O) groups excluding carboxylic acids is 5. The van der Waals surface area contributed by atoms with Crippen molar-refractivity contribution in [3.63, 3.8) is 0 Å². The van der Waals surface area contributed by atoms with Gasteiger partial charge in [-0.25, -0.2) is 0 Å². The Morgan fingerprint density at radius 2 is 1.90 bits per heavy atom. The molecule has 9 nitrogen and oxygen atoms in total. The summed E-state index contributed by atoms with van der Waals surface area (Å²) in [7, 11) is 0. The van der Waals surface area contributed by atoms with Gasteiger partial charge in [0.25, 0.3) is 17.7 Å². The second-order valence-electron chi connectivity index (χ2n) is 7.23. The lowest BCUT2D eigenvalue weighted by atomic mass is 10.0. The minimum atomic E-state index is -1.01. The number of imide groups is 2. The zero-order valence-corrected chi connectivity index (χ0v) is 16.1. The van der Waals surface area contributed by atoms with Crippen LogP contribution in [0, 0.1) is 6.92 Å². The maximum Gasteiger partial charge on any atom is 0.270 e. The Bertz CT molecular complexity index is 1090. The van der Waals surface area contributed by atoms with Crippen molar-refractivity contribution in [1.82, 2.24) is 20.5 Å². The van der Waals surface area contributed by atoms with Gasteiger partial charge in [0.15, 0.2) is 0 Å². The molecule has 1 unspecified atom stereocenters. The fraction of sp³-hybridized carbons (Fsp3) is 0.238. The van der Waals surface area contributed by atoms with E-state index >= 15 is 0 Å². The van der Waals surface area contributed by atoms with Crippen LogP contribution < -0.4 is 10.6 Å². The summed E-state index contributed by atoms with van der Waals surface area (Å²) in [5, 5.41) is 4.89. The molecule has 2 aliphatic rings. The van der Waals surface area contributed by atoms with Crippen molar-refractivity contribution in [2.45, 2.75) is 32.4 Å². The first kappa shape index (κ1) is 19.4. The summed E-state index contributed by atoms with van der Waals surface area (Å²) in [6, 6.07) is 7.07. The number of piperidine rings is 1. The molecule has 3 heterocycles. The summed E-state index contributed by atoms with van der Waals surface area (Å²) >= 11 is 0. The summed E-state index contributed by atoms with van der Waals surface area (Å²) < 4.78 is 0. The summed E-state index contributed by atoms with van der Waals surface area (Å²) in [6.45, 7) is 2.01. The second-order valence-corrected chi connectivity index (χ2v) is 7.23. The van der Waals surface area contributed by atoms with Crippen LogP contribution in [0.5, 0.6) is 0 Å². The normalized spacial score (nSPS) is 18.3. The van der Waals surface area contributed by atoms with E-state index in [1.165, 1.54) is 12.1 Å². The highest BCUT2D eigenvalue weighted by Crippen LogP contribution is 2.28. The van der Waals surface area contributed by atoms with Gasteiger partial charge < -0.3 is 5.32 Å². The molecular weight excluding hydrogens is 388 g/mol. The Hall–Kier alpha value is -3.88. The van der Waals surface area contributed by atoms with Crippen LogP contribution >= 0.6 is 0 Å². The lowest BCUT2D eigenvalue weighted by molar-refractivity contribution is -0.136. The smallest absolute Gasteiger partial charge is 0.270 e. The molecule has 2 aromatic rings. The minimum Gasteiger partial charge on any atom is -0.347 e. The van der Waals surface area contributed by atoms with E-state index in [2.05, 4.69) is 15.6 Å². The first-order chi connectivity index (χ1) is 14.3. The van der Waals surface area contributed by atoms with Crippen molar-refractivity contribution in [1.29, 1.82) is 0 Å². The number of fused-ring (bicyclic) bond motifs is 1. The molecule has 4 rings (SSSR count). The van der Waals surface area contributed by atoms with E-state index in [0.717, 1.165) is 10.5 Å². The highest BCUT2D eigenvalue weighted by atomic mass is 16.2. The highest BCUT2D eigenvalue weighted by Gasteiger charge is 2.44. The fourth-order valence-corrected chi connectivity index (χ4v) is 3.50. The van der Waals surface area contributed by atoms with E-state index in [-0.39, 0.29) is 42.1 Å². The maximum atomic E-state index is 12.8. The molecule has 0 radical (unpaired) electrons. The van der Waals surface area contributed by atoms with Crippen LogP contribution in [0.1, 0.15) is 55.2 Å². The van der Waals surface area contributed by atoms with Crippen molar-refractivity contribution < 1.29 is 24.0 Å². The van der Waals surface area contributed by atoms with Crippen LogP contribution in [0.4, 0.5) is 0 Å². The molecule has 0 saturated carbocycles. The van der Waals surface area contributed by atoms with E-state index < -0.39 is 29.7 Å². The standard InChI is InChI=1S/C21H18N4O5/c1-11-2-5-15(22-9-11)18(27)23-10-12-3-4-13-14(8-12)21(30)25(20(13)29)16-6-7-17(26)24-19(16)28/h2-5,8-9,16H,6-7,10H2,1H3,(H,23,27)(H,24,26,28). The molecule has 1 atom stereocenters. The number of nitrogens with zero attached hydrogens (tertiary/aromatic N) is 2. The molecule has 0 bridgehead atoms. The summed E-state index contributed by atoms with van der Waals surface area (Å²) in [4.78, 5) is 66.2. The third-order valence-electron chi connectivity index (χ3n) is 5.10. The average Bonchev–Trinajstić information content (AvgIpc) is 2.97. The maximum absolute atomic E-state index is 12.8. The van der Waals surface area contributed by atoms with Gasteiger partial charge in [0, 0.05) is 19.2 Å². The molecule has 1 aromatic heterocycles. The quantitative estimate of drug-likeness (QED) is 0.721. The minimum absolute atomic E-state index is 0.0636. The molecule has 0 aliphatic carbocycles. The monoisotopic (exact) mass is 406 g/mol. The van der Waals surface area contributed by atoms with E-state index in [9.17, 15) is 24.0 Å². The zero-order valence-electron chi connectivity index (χ0n) is 16.1. The largest absolute Gasteiger partial charge is 0.347 e. The number of pyridine rings is 1. The van der Waals surface area contributed by atoms with E-state index in [0.29, 0.717) is 5.56 Å². The first-order valence-corrected chi connectivity index (χ1v) is 9.40. The Balaban J connectivity index is 1.49. The number of rotatable bonds is 4. The van der Waals surface area contributed by atoms with Gasteiger partial charge >= 0.3 is 0 Å². The van der Waals surface area contributed by atoms with E-state index in [1.807, 2.05) is 6.92 Å². The SMILES string of the molecule is Cc1ccc(C(=O)NCc2ccc3c(c2)C(=O)N(C2CCC(=O)NC2=O)C3=O)nc1. The van der Waals surface area contributed by atoms with E-state index in [4.69, 9.17) is 0 Å². The van der Waals surface area contributed by atoms with Crippen molar-refractivity contribution in [2.24, 2.45) is 0 Å². The number of benzene rings is 1. The van der Waals surface area contributed by atoms with Crippen LogP contribution in [0.2, 0.25) is 0 Å². The lowest BCUT2D eigenvalue weighted by Gasteiger charge is -2.27. The zero-order chi connectivity index (χ0) is 21.4. The van der Waals surface area contributed by atoms with Gasteiger partial charge in [-0.05, 0) is 42.7 Å². The van der Waals surface area contributed by atoms with Crippen LogP contribution in [0.15, 0.2) is 36.5 Å². The summed E-state index contributed by atoms with van der Waals surface area (Å²) in [5.41, 5.74) is 2.20. The second kappa shape index (κ2) is 7.51. The van der Waals surface area contributed by atoms with Crippen LogP contribution in [-0.2, 0) is 16.1 Å². The molecule has 1 aromatic carbocycles. The molecule has 152 valence electrons. The van der Waals surface area contributed by atoms with Crippen LogP contribution in [0.25, 0.3) is 0 Å². The molecular formula is C21H18N4O5. The van der Waals surface area contributed by atoms with Gasteiger partial charge in [-0.2, -0.15) is 0 Å². The third-order valence-corrected chi connectivity index (χ3v) is 5.10. The molecule has 5 amide bonds. The number of amides is 5. The highest BCUT2D eigenvalue weighted by molar-refractivity contribution is 6.23. The number of hydrogen-bond donors (Lipinski definition) is 2. The summed E-state index contributed by atoms with van der Waals surface area (Å²) in [5.74, 6) is -2.59. The number of aryl methyl sites for hydroxylation is 1. The molecule has 1 fully saturated rings. The molecule has 1 saturated heterocycles. The van der Waals surface area contributed by atoms with Crippen LogP contribution in [0.3, 0.4) is 0 Å². The van der Waals surface area contributed by atoms with Crippen LogP contribution in [-0.4, -0.2) is 45.5 Å². The number of aromatic nitrogens is 1. The lowest BCUT2D eigenvalue weighted by Crippen LogP contribution is -2.54. The fourth-order valence-electron chi connectivity index (χ4n) is 3.50. The van der Waals surface area contributed by atoms with Crippen molar-refractivity contribution >= 4 is 29.5 Å². The van der Waals surface area contributed by atoms with Gasteiger partial charge in [0.1, 0.15) is 11.7 Å². The first-order valence-electron chi connectivity index (χ1n) is 9.40. The molecule has 9 heteroatoms. The number of nitrogens with one attached hydrogen (secondary N) is 2. The predicted molar refractivity (Wildman–Crippen MR) is 103 cm³/mol. The molecule has 0 spiro atoms. The Kier molecular flexibility index (Phi) is 4.86. The third kappa shape index (κ3) is 3.45. The van der Waals surface area contributed by atoms with Gasteiger partial charge in [-0.3, -0.25) is 39.2 Å². The number of hydrogen-bond acceptors (Lipinski definition) is 6. The van der Waals surface area contributed by atoms with Crippen molar-refractivity contribution in [3.05, 3.63) is 64.5 Å². The topological polar surface area (TPSA) is 126 Å². The van der Waals surface area contributed by atoms with Gasteiger partial charge in [-0.15, -0.1) is 0 Å². The van der Waals surface area contributed by atoms with Crippen molar-refractivity contribution in [3.8, 4) is 0 Å². The Labute approximate surface area is 171 Å². The van der Waals surface area contributed by atoms with Crippen molar-refractivity contribution in [2.75, 3.05) is 0 Å². The molecule has 2 aliphatic heterocycles. The Morgan fingerprint density at radius 3 is 2.60 bits per heavy atom. The molecule has 30 heavy (non-hydrogen) atoms.